The minimum atomic E-state index is -1.16. The SMILES string of the molecule is CN1N=C2CCN(C(=O)C(Cc3c[nH]c4ccccc34)NC(=O)C(C)(C)N)C[C@]2(Cc2ccccn2)C1=O. The van der Waals surface area contributed by atoms with Gasteiger partial charge >= 0.3 is 0 Å². The van der Waals surface area contributed by atoms with E-state index in [2.05, 4.69) is 20.4 Å². The molecule has 1 fully saturated rings. The monoisotopic (exact) mass is 515 g/mol. The van der Waals surface area contributed by atoms with Crippen LogP contribution in [0.3, 0.4) is 0 Å². The summed E-state index contributed by atoms with van der Waals surface area (Å²) in [5.74, 6) is -0.833. The Balaban J connectivity index is 1.45. The molecule has 4 heterocycles. The van der Waals surface area contributed by atoms with Gasteiger partial charge in [-0.25, -0.2) is 5.01 Å². The molecule has 0 spiro atoms. The number of piperidine rings is 1. The Kier molecular flexibility index (Phi) is 6.52. The first kappa shape index (κ1) is 25.6. The average molecular weight is 516 g/mol. The second-order valence-corrected chi connectivity index (χ2v) is 10.8. The van der Waals surface area contributed by atoms with E-state index in [1.807, 2.05) is 48.7 Å². The molecule has 4 N–H and O–H groups in total. The van der Waals surface area contributed by atoms with E-state index in [1.54, 1.807) is 32.0 Å². The molecule has 2 atom stereocenters. The van der Waals surface area contributed by atoms with Gasteiger partial charge in [-0.3, -0.25) is 19.4 Å². The second kappa shape index (κ2) is 9.68. The molecule has 38 heavy (non-hydrogen) atoms. The number of pyridine rings is 1. The summed E-state index contributed by atoms with van der Waals surface area (Å²) in [6, 6.07) is 12.5. The summed E-state index contributed by atoms with van der Waals surface area (Å²) < 4.78 is 0. The summed E-state index contributed by atoms with van der Waals surface area (Å²) in [7, 11) is 1.64. The maximum absolute atomic E-state index is 14.1. The van der Waals surface area contributed by atoms with Gasteiger partial charge in [-0.1, -0.05) is 24.3 Å². The molecular formula is C28H33N7O3. The number of benzene rings is 1. The molecule has 2 aromatic heterocycles. The number of likely N-dealkylation sites (tertiary alicyclic amines) is 1. The first-order chi connectivity index (χ1) is 18.1. The highest BCUT2D eigenvalue weighted by Gasteiger charge is 2.54. The number of amides is 3. The van der Waals surface area contributed by atoms with E-state index in [1.165, 1.54) is 5.01 Å². The van der Waals surface area contributed by atoms with Crippen LogP contribution in [-0.4, -0.2) is 75.0 Å². The molecule has 3 aromatic rings. The molecule has 1 saturated heterocycles. The molecular weight excluding hydrogens is 482 g/mol. The molecule has 0 aliphatic carbocycles. The number of hydrogen-bond donors (Lipinski definition) is 3. The third kappa shape index (κ3) is 4.67. The number of rotatable bonds is 7. The molecule has 2 aliphatic rings. The van der Waals surface area contributed by atoms with Crippen molar-refractivity contribution in [3.8, 4) is 0 Å². The first-order valence-corrected chi connectivity index (χ1v) is 12.8. The van der Waals surface area contributed by atoms with Crippen molar-refractivity contribution in [3.05, 3.63) is 66.1 Å². The molecule has 1 aromatic carbocycles. The van der Waals surface area contributed by atoms with Crippen LogP contribution in [0.4, 0.5) is 0 Å². The highest BCUT2D eigenvalue weighted by Crippen LogP contribution is 2.38. The minimum absolute atomic E-state index is 0.157. The number of nitrogens with two attached hydrogens (primary N) is 1. The van der Waals surface area contributed by atoms with Crippen LogP contribution in [0.2, 0.25) is 0 Å². The zero-order valence-corrected chi connectivity index (χ0v) is 21.9. The number of nitrogens with one attached hydrogen (secondary N) is 2. The van der Waals surface area contributed by atoms with Gasteiger partial charge in [0.05, 0.1) is 11.3 Å². The number of aromatic nitrogens is 2. The van der Waals surface area contributed by atoms with E-state index in [9.17, 15) is 14.4 Å². The average Bonchev–Trinajstić information content (AvgIpc) is 3.41. The summed E-state index contributed by atoms with van der Waals surface area (Å²) in [5.41, 5.74) is 7.30. The lowest BCUT2D eigenvalue weighted by Crippen LogP contribution is -2.61. The van der Waals surface area contributed by atoms with Gasteiger partial charge in [0.2, 0.25) is 11.8 Å². The van der Waals surface area contributed by atoms with Gasteiger partial charge in [0, 0.05) is 68.4 Å². The van der Waals surface area contributed by atoms with Crippen molar-refractivity contribution in [1.82, 2.24) is 25.2 Å². The van der Waals surface area contributed by atoms with Crippen molar-refractivity contribution in [3.63, 3.8) is 0 Å². The molecule has 0 radical (unpaired) electrons. The lowest BCUT2D eigenvalue weighted by molar-refractivity contribution is -0.142. The zero-order valence-electron chi connectivity index (χ0n) is 21.9. The molecule has 10 heteroatoms. The molecule has 1 unspecified atom stereocenters. The van der Waals surface area contributed by atoms with Gasteiger partial charge in [0.1, 0.15) is 11.5 Å². The molecule has 5 rings (SSSR count). The van der Waals surface area contributed by atoms with Crippen molar-refractivity contribution in [2.45, 2.75) is 44.7 Å². The highest BCUT2D eigenvalue weighted by atomic mass is 16.2. The molecule has 198 valence electrons. The fourth-order valence-corrected chi connectivity index (χ4v) is 5.37. The Morgan fingerprint density at radius 2 is 1.97 bits per heavy atom. The van der Waals surface area contributed by atoms with Crippen LogP contribution in [-0.2, 0) is 27.2 Å². The van der Waals surface area contributed by atoms with Crippen LogP contribution in [0.25, 0.3) is 10.9 Å². The van der Waals surface area contributed by atoms with Gasteiger partial charge in [-0.05, 0) is 37.6 Å². The largest absolute Gasteiger partial charge is 0.361 e. The summed E-state index contributed by atoms with van der Waals surface area (Å²) in [6.45, 7) is 3.77. The van der Waals surface area contributed by atoms with E-state index >= 15 is 0 Å². The number of carbonyl (C=O) groups excluding carboxylic acids is 3. The predicted octanol–water partition coefficient (Wildman–Crippen LogP) is 1.62. The number of hydrazone groups is 1. The van der Waals surface area contributed by atoms with Gasteiger partial charge in [0.15, 0.2) is 0 Å². The zero-order chi connectivity index (χ0) is 27.1. The smallest absolute Gasteiger partial charge is 0.256 e. The molecule has 0 saturated carbocycles. The number of carbonyl (C=O) groups is 3. The second-order valence-electron chi connectivity index (χ2n) is 10.8. The molecule has 2 aliphatic heterocycles. The van der Waals surface area contributed by atoms with Crippen molar-refractivity contribution < 1.29 is 14.4 Å². The van der Waals surface area contributed by atoms with Gasteiger partial charge in [-0.2, -0.15) is 5.10 Å². The summed E-state index contributed by atoms with van der Waals surface area (Å²) >= 11 is 0. The van der Waals surface area contributed by atoms with Crippen LogP contribution < -0.4 is 11.1 Å². The number of nitrogens with zero attached hydrogens (tertiary/aromatic N) is 4. The summed E-state index contributed by atoms with van der Waals surface area (Å²) in [6.07, 6.45) is 4.64. The minimum Gasteiger partial charge on any atom is -0.361 e. The Morgan fingerprint density at radius 1 is 1.21 bits per heavy atom. The van der Waals surface area contributed by atoms with Crippen LogP contribution >= 0.6 is 0 Å². The maximum atomic E-state index is 14.1. The standard InChI is InChI=1S/C28H33N7O3/c1-27(2,29)25(37)32-22(14-18-16-31-21-10-5-4-9-20(18)21)24(36)35-13-11-23-28(17-35,26(38)34(3)33-23)15-19-8-6-7-12-30-19/h4-10,12,16,22,31H,11,13-15,17,29H2,1-3H3,(H,32,37)/t22?,28-/m0/s1. The van der Waals surface area contributed by atoms with E-state index in [0.717, 1.165) is 27.9 Å². The Bertz CT molecular complexity index is 1410. The quantitative estimate of drug-likeness (QED) is 0.439. The number of H-pyrrole nitrogens is 1. The highest BCUT2D eigenvalue weighted by molar-refractivity contribution is 6.13. The Morgan fingerprint density at radius 3 is 2.71 bits per heavy atom. The number of para-hydroxylation sites is 1. The van der Waals surface area contributed by atoms with Crippen molar-refractivity contribution >= 4 is 34.3 Å². The third-order valence-corrected chi connectivity index (χ3v) is 7.41. The third-order valence-electron chi connectivity index (χ3n) is 7.41. The topological polar surface area (TPSA) is 137 Å². The fourth-order valence-electron chi connectivity index (χ4n) is 5.37. The van der Waals surface area contributed by atoms with Crippen LogP contribution in [0, 0.1) is 5.41 Å². The van der Waals surface area contributed by atoms with Crippen LogP contribution in [0.1, 0.15) is 31.5 Å². The van der Waals surface area contributed by atoms with Crippen LogP contribution in [0.5, 0.6) is 0 Å². The first-order valence-electron chi connectivity index (χ1n) is 12.8. The molecule has 0 bridgehead atoms. The Labute approximate surface area is 221 Å². The predicted molar refractivity (Wildman–Crippen MR) is 144 cm³/mol. The van der Waals surface area contributed by atoms with Crippen LogP contribution in [0.15, 0.2) is 60.0 Å². The summed E-state index contributed by atoms with van der Waals surface area (Å²) in [4.78, 5) is 49.8. The van der Waals surface area contributed by atoms with E-state index < -0.39 is 22.9 Å². The number of fused-ring (bicyclic) bond motifs is 2. The van der Waals surface area contributed by atoms with E-state index in [0.29, 0.717) is 19.4 Å². The number of hydrogen-bond acceptors (Lipinski definition) is 6. The maximum Gasteiger partial charge on any atom is 0.256 e. The van der Waals surface area contributed by atoms with Gasteiger partial charge in [-0.15, -0.1) is 0 Å². The van der Waals surface area contributed by atoms with Crippen molar-refractivity contribution in [2.24, 2.45) is 16.3 Å². The van der Waals surface area contributed by atoms with Crippen molar-refractivity contribution in [1.29, 1.82) is 0 Å². The van der Waals surface area contributed by atoms with E-state index in [-0.39, 0.29) is 24.8 Å². The lowest BCUT2D eigenvalue weighted by Gasteiger charge is -2.40. The number of aromatic amines is 1. The fraction of sp³-hybridized carbons (Fsp3) is 0.393. The van der Waals surface area contributed by atoms with Crippen molar-refractivity contribution in [2.75, 3.05) is 20.1 Å². The molecule has 3 amide bonds. The lowest BCUT2D eigenvalue weighted by atomic mass is 9.74. The summed E-state index contributed by atoms with van der Waals surface area (Å²) in [5, 5.41) is 9.76. The van der Waals surface area contributed by atoms with Gasteiger partial charge < -0.3 is 20.9 Å². The Hall–Kier alpha value is -4.05. The van der Waals surface area contributed by atoms with Gasteiger partial charge in [0.25, 0.3) is 5.91 Å². The van der Waals surface area contributed by atoms with E-state index in [4.69, 9.17) is 5.73 Å². The molecule has 10 nitrogen and oxygen atoms in total. The normalized spacial score (nSPS) is 20.3.